The molecular weight excluding hydrogens is 406 g/mol. The van der Waals surface area contributed by atoms with E-state index in [4.69, 9.17) is 9.47 Å². The van der Waals surface area contributed by atoms with E-state index in [1.54, 1.807) is 18.6 Å². The van der Waals surface area contributed by atoms with Crippen molar-refractivity contribution in [2.45, 2.75) is 18.9 Å². The first kappa shape index (κ1) is 20.0. The van der Waals surface area contributed by atoms with Gasteiger partial charge >= 0.3 is 0 Å². The summed E-state index contributed by atoms with van der Waals surface area (Å²) in [7, 11) is 0. The first-order valence-corrected chi connectivity index (χ1v) is 10.6. The second-order valence-electron chi connectivity index (χ2n) is 7.67. The van der Waals surface area contributed by atoms with E-state index in [1.165, 1.54) is 6.33 Å². The number of piperidine rings is 1. The quantitative estimate of drug-likeness (QED) is 0.468. The molecule has 1 amide bonds. The van der Waals surface area contributed by atoms with Crippen LogP contribution in [-0.4, -0.2) is 56.1 Å². The fraction of sp³-hybridized carbons (Fsp3) is 0.250. The van der Waals surface area contributed by atoms with Crippen LogP contribution in [0, 0.1) is 0 Å². The molecule has 0 radical (unpaired) electrons. The zero-order chi connectivity index (χ0) is 21.8. The average Bonchev–Trinajstić information content (AvgIpc) is 3.27. The summed E-state index contributed by atoms with van der Waals surface area (Å²) in [6.45, 7) is 1.36. The number of carbonyl (C=O) groups is 1. The van der Waals surface area contributed by atoms with Gasteiger partial charge in [-0.15, -0.1) is 0 Å². The Balaban J connectivity index is 1.16. The molecule has 32 heavy (non-hydrogen) atoms. The number of hydrogen-bond donors (Lipinski definition) is 0. The molecule has 0 aliphatic carbocycles. The van der Waals surface area contributed by atoms with Crippen LogP contribution < -0.4 is 9.47 Å². The van der Waals surface area contributed by atoms with Gasteiger partial charge in [-0.05, 0) is 24.3 Å². The number of benzene rings is 1. The van der Waals surface area contributed by atoms with Gasteiger partial charge in [0.05, 0.1) is 24.3 Å². The van der Waals surface area contributed by atoms with Crippen LogP contribution in [0.1, 0.15) is 12.8 Å². The Morgan fingerprint density at radius 1 is 1.00 bits per heavy atom. The van der Waals surface area contributed by atoms with E-state index in [1.807, 2.05) is 58.1 Å². The van der Waals surface area contributed by atoms with Crippen molar-refractivity contribution in [3.05, 3.63) is 73.6 Å². The molecule has 1 aliphatic heterocycles. The van der Waals surface area contributed by atoms with E-state index in [2.05, 4.69) is 15.0 Å². The summed E-state index contributed by atoms with van der Waals surface area (Å²) in [5, 5.41) is 0.983. The molecule has 0 unspecified atom stereocenters. The van der Waals surface area contributed by atoms with Gasteiger partial charge in [0.2, 0.25) is 0 Å². The zero-order valence-corrected chi connectivity index (χ0v) is 17.5. The molecule has 0 spiro atoms. The lowest BCUT2D eigenvalue weighted by atomic mass is 10.1. The normalized spacial score (nSPS) is 14.4. The summed E-state index contributed by atoms with van der Waals surface area (Å²) >= 11 is 0. The maximum Gasteiger partial charge on any atom is 0.260 e. The Morgan fingerprint density at radius 3 is 2.56 bits per heavy atom. The van der Waals surface area contributed by atoms with E-state index in [9.17, 15) is 4.79 Å². The zero-order valence-electron chi connectivity index (χ0n) is 17.5. The summed E-state index contributed by atoms with van der Waals surface area (Å²) in [6, 6.07) is 13.4. The highest BCUT2D eigenvalue weighted by molar-refractivity contribution is 5.79. The number of aromatic nitrogens is 4. The third-order valence-corrected chi connectivity index (χ3v) is 5.53. The molecule has 1 aromatic carbocycles. The maximum atomic E-state index is 12.4. The van der Waals surface area contributed by atoms with E-state index < -0.39 is 0 Å². The van der Waals surface area contributed by atoms with Crippen LogP contribution in [0.25, 0.3) is 16.7 Å². The molecule has 8 heteroatoms. The van der Waals surface area contributed by atoms with E-state index in [0.29, 0.717) is 18.8 Å². The molecule has 1 aliphatic rings. The number of carbonyl (C=O) groups excluding carboxylic acids is 1. The lowest BCUT2D eigenvalue weighted by Crippen LogP contribution is -2.43. The predicted octanol–water partition coefficient (Wildman–Crippen LogP) is 3.26. The monoisotopic (exact) mass is 429 g/mol. The van der Waals surface area contributed by atoms with Crippen molar-refractivity contribution in [3.63, 3.8) is 0 Å². The van der Waals surface area contributed by atoms with Crippen LogP contribution in [-0.2, 0) is 4.79 Å². The second-order valence-corrected chi connectivity index (χ2v) is 7.67. The number of likely N-dealkylation sites (tertiary alicyclic amines) is 1. The van der Waals surface area contributed by atoms with E-state index in [0.717, 1.165) is 35.3 Å². The Hall–Kier alpha value is -3.94. The predicted molar refractivity (Wildman–Crippen MR) is 119 cm³/mol. The Bertz CT molecular complexity index is 1190. The standard InChI is InChI=1S/C24H23N5O3/c30-23(16-31-20-4-2-1-3-5-20)28-9-7-21(8-10-28)32-22-12-18-6-11-29(24(18)27-15-22)19-13-25-17-26-14-19/h1-6,11-15,17,21H,7-10,16H2. The maximum absolute atomic E-state index is 12.4. The van der Waals surface area contributed by atoms with Gasteiger partial charge in [0.25, 0.3) is 5.91 Å². The van der Waals surface area contributed by atoms with Gasteiger partial charge in [-0.2, -0.15) is 0 Å². The smallest absolute Gasteiger partial charge is 0.260 e. The number of para-hydroxylation sites is 1. The summed E-state index contributed by atoms with van der Waals surface area (Å²) in [4.78, 5) is 27.0. The Kier molecular flexibility index (Phi) is 5.65. The van der Waals surface area contributed by atoms with Gasteiger partial charge in [0.1, 0.15) is 29.6 Å². The molecule has 0 atom stereocenters. The molecule has 162 valence electrons. The minimum atomic E-state index is 0.00150. The van der Waals surface area contributed by atoms with Crippen molar-refractivity contribution in [2.75, 3.05) is 19.7 Å². The van der Waals surface area contributed by atoms with Crippen molar-refractivity contribution >= 4 is 16.9 Å². The van der Waals surface area contributed by atoms with Gasteiger partial charge in [-0.3, -0.25) is 9.36 Å². The van der Waals surface area contributed by atoms with Crippen molar-refractivity contribution < 1.29 is 14.3 Å². The van der Waals surface area contributed by atoms with Crippen LogP contribution >= 0.6 is 0 Å². The molecule has 0 saturated carbocycles. The summed E-state index contributed by atoms with van der Waals surface area (Å²) < 4.78 is 13.7. The number of nitrogens with zero attached hydrogens (tertiary/aromatic N) is 5. The minimum Gasteiger partial charge on any atom is -0.489 e. The fourth-order valence-electron chi connectivity index (χ4n) is 3.86. The summed E-state index contributed by atoms with van der Waals surface area (Å²) in [6.07, 6.45) is 10.3. The number of amides is 1. The van der Waals surface area contributed by atoms with Gasteiger partial charge < -0.3 is 14.4 Å². The van der Waals surface area contributed by atoms with Crippen LogP contribution in [0.4, 0.5) is 0 Å². The average molecular weight is 429 g/mol. The lowest BCUT2D eigenvalue weighted by molar-refractivity contribution is -0.135. The van der Waals surface area contributed by atoms with Crippen LogP contribution in [0.3, 0.4) is 0 Å². The van der Waals surface area contributed by atoms with Crippen LogP contribution in [0.5, 0.6) is 11.5 Å². The summed E-state index contributed by atoms with van der Waals surface area (Å²) in [5.41, 5.74) is 1.68. The van der Waals surface area contributed by atoms with Crippen LogP contribution in [0.2, 0.25) is 0 Å². The lowest BCUT2D eigenvalue weighted by Gasteiger charge is -2.32. The highest BCUT2D eigenvalue weighted by atomic mass is 16.5. The number of pyridine rings is 1. The highest BCUT2D eigenvalue weighted by Crippen LogP contribution is 2.24. The van der Waals surface area contributed by atoms with E-state index in [-0.39, 0.29) is 18.6 Å². The van der Waals surface area contributed by atoms with E-state index >= 15 is 0 Å². The first-order valence-electron chi connectivity index (χ1n) is 10.6. The Labute approximate surface area is 185 Å². The fourth-order valence-corrected chi connectivity index (χ4v) is 3.86. The molecule has 1 fully saturated rings. The molecule has 1 saturated heterocycles. The molecular formula is C24H23N5O3. The molecule has 0 N–H and O–H groups in total. The molecule has 8 nitrogen and oxygen atoms in total. The highest BCUT2D eigenvalue weighted by Gasteiger charge is 2.24. The van der Waals surface area contributed by atoms with Gasteiger partial charge in [-0.25, -0.2) is 15.0 Å². The molecule has 3 aromatic heterocycles. The number of hydrogen-bond acceptors (Lipinski definition) is 6. The molecule has 4 aromatic rings. The minimum absolute atomic E-state index is 0.00150. The SMILES string of the molecule is O=C(COc1ccccc1)N1CCC(Oc2cnc3c(ccn3-c3cncnc3)c2)CC1. The van der Waals surface area contributed by atoms with Crippen molar-refractivity contribution in [2.24, 2.45) is 0 Å². The van der Waals surface area contributed by atoms with Crippen LogP contribution in [0.15, 0.2) is 73.6 Å². The van der Waals surface area contributed by atoms with Crippen molar-refractivity contribution in [1.29, 1.82) is 0 Å². The van der Waals surface area contributed by atoms with Crippen molar-refractivity contribution in [3.8, 4) is 17.2 Å². The van der Waals surface area contributed by atoms with Gasteiger partial charge in [0, 0.05) is 37.5 Å². The third-order valence-electron chi connectivity index (χ3n) is 5.53. The number of rotatable bonds is 6. The van der Waals surface area contributed by atoms with Gasteiger partial charge in [-0.1, -0.05) is 18.2 Å². The number of ether oxygens (including phenoxy) is 2. The topological polar surface area (TPSA) is 82.4 Å². The van der Waals surface area contributed by atoms with Gasteiger partial charge in [0.15, 0.2) is 6.61 Å². The largest absolute Gasteiger partial charge is 0.489 e. The van der Waals surface area contributed by atoms with Crippen molar-refractivity contribution in [1.82, 2.24) is 24.4 Å². The third kappa shape index (κ3) is 4.39. The molecule has 5 rings (SSSR count). The number of fused-ring (bicyclic) bond motifs is 1. The molecule has 4 heterocycles. The molecule has 0 bridgehead atoms. The Morgan fingerprint density at radius 2 is 1.78 bits per heavy atom. The first-order chi connectivity index (χ1) is 15.8. The second kappa shape index (κ2) is 9.05. The summed E-state index contributed by atoms with van der Waals surface area (Å²) in [5.74, 6) is 1.44.